The molecule has 0 saturated heterocycles. The number of halogens is 1. The van der Waals surface area contributed by atoms with E-state index in [-0.39, 0.29) is 0 Å². The molecule has 0 atom stereocenters. The Bertz CT molecular complexity index is 331. The van der Waals surface area contributed by atoms with Crippen molar-refractivity contribution in [3.63, 3.8) is 0 Å². The molecule has 1 aromatic rings. The first-order valence-corrected chi connectivity index (χ1v) is 6.46. The average Bonchev–Trinajstić information content (AvgIpc) is 3.04. The molecule has 2 aliphatic carbocycles. The van der Waals surface area contributed by atoms with Crippen molar-refractivity contribution in [1.29, 1.82) is 0 Å². The first kappa shape index (κ1) is 8.98. The van der Waals surface area contributed by atoms with Gasteiger partial charge in [-0.05, 0) is 31.6 Å². The summed E-state index contributed by atoms with van der Waals surface area (Å²) >= 11 is 7.53. The Morgan fingerprint density at radius 1 is 1.43 bits per heavy atom. The summed E-state index contributed by atoms with van der Waals surface area (Å²) in [6.45, 7) is 1.20. The molecule has 0 unspecified atom stereocenters. The van der Waals surface area contributed by atoms with E-state index in [0.29, 0.717) is 5.15 Å². The van der Waals surface area contributed by atoms with E-state index in [1.165, 1.54) is 32.2 Å². The standard InChI is InChI=1S/C10H13ClN2S/c11-9-6-14-10(12-9)13(8-3-4-8)5-7-1-2-7/h6-8H,1-5H2. The maximum atomic E-state index is 5.85. The SMILES string of the molecule is Clc1csc(N(CC2CC2)C2CC2)n1. The molecule has 14 heavy (non-hydrogen) atoms. The molecule has 1 heterocycles. The molecule has 4 heteroatoms. The van der Waals surface area contributed by atoms with Gasteiger partial charge in [0.25, 0.3) is 0 Å². The zero-order valence-corrected chi connectivity index (χ0v) is 9.52. The maximum Gasteiger partial charge on any atom is 0.187 e. The van der Waals surface area contributed by atoms with Gasteiger partial charge in [-0.15, -0.1) is 11.3 Å². The summed E-state index contributed by atoms with van der Waals surface area (Å²) in [6, 6.07) is 0.762. The fourth-order valence-corrected chi connectivity index (χ4v) is 2.75. The Balaban J connectivity index is 1.75. The van der Waals surface area contributed by atoms with E-state index in [4.69, 9.17) is 11.6 Å². The van der Waals surface area contributed by atoms with E-state index in [0.717, 1.165) is 17.1 Å². The van der Waals surface area contributed by atoms with Crippen molar-refractivity contribution in [3.05, 3.63) is 10.5 Å². The zero-order valence-electron chi connectivity index (χ0n) is 7.95. The molecular weight excluding hydrogens is 216 g/mol. The summed E-state index contributed by atoms with van der Waals surface area (Å²) in [5.41, 5.74) is 0. The molecule has 76 valence electrons. The van der Waals surface area contributed by atoms with Gasteiger partial charge in [0.1, 0.15) is 5.15 Å². The van der Waals surface area contributed by atoms with Crippen molar-refractivity contribution in [1.82, 2.24) is 4.98 Å². The Morgan fingerprint density at radius 3 is 2.71 bits per heavy atom. The number of aromatic nitrogens is 1. The molecule has 2 aliphatic rings. The van der Waals surface area contributed by atoms with E-state index in [9.17, 15) is 0 Å². The van der Waals surface area contributed by atoms with Gasteiger partial charge in [-0.3, -0.25) is 0 Å². The summed E-state index contributed by atoms with van der Waals surface area (Å²) in [5.74, 6) is 0.929. The Kier molecular flexibility index (Phi) is 2.17. The molecule has 0 N–H and O–H groups in total. The minimum Gasteiger partial charge on any atom is -0.345 e. The largest absolute Gasteiger partial charge is 0.345 e. The van der Waals surface area contributed by atoms with Crippen LogP contribution in [0.1, 0.15) is 25.7 Å². The summed E-state index contributed by atoms with van der Waals surface area (Å²) in [5, 5.41) is 3.70. The van der Waals surface area contributed by atoms with Crippen molar-refractivity contribution >= 4 is 28.1 Å². The second-order valence-electron chi connectivity index (χ2n) is 4.28. The fourth-order valence-electron chi connectivity index (χ4n) is 1.73. The van der Waals surface area contributed by atoms with Crippen LogP contribution in [-0.4, -0.2) is 17.6 Å². The summed E-state index contributed by atoms with van der Waals surface area (Å²) in [4.78, 5) is 6.83. The monoisotopic (exact) mass is 228 g/mol. The van der Waals surface area contributed by atoms with Gasteiger partial charge in [-0.1, -0.05) is 11.6 Å². The van der Waals surface area contributed by atoms with Crippen LogP contribution in [0.5, 0.6) is 0 Å². The van der Waals surface area contributed by atoms with Gasteiger partial charge >= 0.3 is 0 Å². The highest BCUT2D eigenvalue weighted by molar-refractivity contribution is 7.14. The van der Waals surface area contributed by atoms with Crippen molar-refractivity contribution in [2.24, 2.45) is 5.92 Å². The molecule has 0 aromatic carbocycles. The molecule has 2 saturated carbocycles. The summed E-state index contributed by atoms with van der Waals surface area (Å²) in [7, 11) is 0. The quantitative estimate of drug-likeness (QED) is 0.787. The minimum absolute atomic E-state index is 0.645. The molecule has 0 amide bonds. The molecule has 0 bridgehead atoms. The Morgan fingerprint density at radius 2 is 2.21 bits per heavy atom. The molecule has 3 rings (SSSR count). The number of thiazole rings is 1. The second-order valence-corrected chi connectivity index (χ2v) is 5.50. The number of anilines is 1. The molecule has 0 aliphatic heterocycles. The van der Waals surface area contributed by atoms with Crippen LogP contribution in [0.3, 0.4) is 0 Å². The lowest BCUT2D eigenvalue weighted by molar-refractivity contribution is 0.716. The average molecular weight is 229 g/mol. The van der Waals surface area contributed by atoms with E-state index >= 15 is 0 Å². The minimum atomic E-state index is 0.645. The molecule has 2 nitrogen and oxygen atoms in total. The van der Waals surface area contributed by atoms with Crippen molar-refractivity contribution < 1.29 is 0 Å². The molecule has 0 radical (unpaired) electrons. The lowest BCUT2D eigenvalue weighted by atomic mass is 10.4. The molecule has 1 aromatic heterocycles. The number of hydrogen-bond donors (Lipinski definition) is 0. The smallest absolute Gasteiger partial charge is 0.187 e. The highest BCUT2D eigenvalue weighted by Crippen LogP contribution is 2.39. The van der Waals surface area contributed by atoms with Gasteiger partial charge in [0, 0.05) is 18.0 Å². The zero-order chi connectivity index (χ0) is 9.54. The van der Waals surface area contributed by atoms with Crippen LogP contribution in [0.15, 0.2) is 5.38 Å². The first-order valence-electron chi connectivity index (χ1n) is 5.20. The normalized spacial score (nSPS) is 21.2. The topological polar surface area (TPSA) is 16.1 Å². The number of hydrogen-bond acceptors (Lipinski definition) is 3. The van der Waals surface area contributed by atoms with Gasteiger partial charge in [-0.2, -0.15) is 0 Å². The fraction of sp³-hybridized carbons (Fsp3) is 0.700. The third-order valence-corrected chi connectivity index (χ3v) is 4.05. The predicted molar refractivity (Wildman–Crippen MR) is 60.2 cm³/mol. The van der Waals surface area contributed by atoms with Gasteiger partial charge in [0.15, 0.2) is 5.13 Å². The van der Waals surface area contributed by atoms with Gasteiger partial charge in [-0.25, -0.2) is 4.98 Å². The van der Waals surface area contributed by atoms with Crippen LogP contribution >= 0.6 is 22.9 Å². The van der Waals surface area contributed by atoms with E-state index in [1.54, 1.807) is 11.3 Å². The van der Waals surface area contributed by atoms with Crippen LogP contribution in [0.4, 0.5) is 5.13 Å². The highest BCUT2D eigenvalue weighted by atomic mass is 35.5. The molecule has 0 spiro atoms. The third kappa shape index (κ3) is 1.89. The first-order chi connectivity index (χ1) is 6.83. The van der Waals surface area contributed by atoms with E-state index in [1.807, 2.05) is 5.38 Å². The van der Waals surface area contributed by atoms with Crippen LogP contribution in [0.25, 0.3) is 0 Å². The van der Waals surface area contributed by atoms with Crippen molar-refractivity contribution in [2.45, 2.75) is 31.7 Å². The van der Waals surface area contributed by atoms with E-state index in [2.05, 4.69) is 9.88 Å². The van der Waals surface area contributed by atoms with Crippen LogP contribution in [-0.2, 0) is 0 Å². The van der Waals surface area contributed by atoms with Crippen molar-refractivity contribution in [3.8, 4) is 0 Å². The predicted octanol–water partition coefficient (Wildman–Crippen LogP) is 3.18. The molecular formula is C10H13ClN2S. The van der Waals surface area contributed by atoms with Crippen LogP contribution in [0.2, 0.25) is 5.15 Å². The number of nitrogens with zero attached hydrogens (tertiary/aromatic N) is 2. The van der Waals surface area contributed by atoms with Gasteiger partial charge in [0.05, 0.1) is 0 Å². The van der Waals surface area contributed by atoms with Crippen molar-refractivity contribution in [2.75, 3.05) is 11.4 Å². The summed E-state index contributed by atoms with van der Waals surface area (Å²) in [6.07, 6.45) is 5.48. The van der Waals surface area contributed by atoms with Crippen LogP contribution in [0, 0.1) is 5.92 Å². The third-order valence-electron chi connectivity index (χ3n) is 2.85. The van der Waals surface area contributed by atoms with E-state index < -0.39 is 0 Å². The number of rotatable bonds is 4. The second kappa shape index (κ2) is 3.38. The lowest BCUT2D eigenvalue weighted by Crippen LogP contribution is -2.27. The van der Waals surface area contributed by atoms with Crippen LogP contribution < -0.4 is 4.90 Å². The highest BCUT2D eigenvalue weighted by Gasteiger charge is 2.35. The molecule has 2 fully saturated rings. The maximum absolute atomic E-state index is 5.85. The lowest BCUT2D eigenvalue weighted by Gasteiger charge is -2.20. The Labute approximate surface area is 92.9 Å². The Hall–Kier alpha value is -0.280. The van der Waals surface area contributed by atoms with Gasteiger partial charge in [0.2, 0.25) is 0 Å². The van der Waals surface area contributed by atoms with Gasteiger partial charge < -0.3 is 4.90 Å². The summed E-state index contributed by atoms with van der Waals surface area (Å²) < 4.78 is 0.